The summed E-state index contributed by atoms with van der Waals surface area (Å²) in [4.78, 5) is 8.05. The number of rotatable bonds is 3. The van der Waals surface area contributed by atoms with Crippen molar-refractivity contribution >= 4 is 16.5 Å². The summed E-state index contributed by atoms with van der Waals surface area (Å²) in [6, 6.07) is 9.87. The van der Waals surface area contributed by atoms with Crippen molar-refractivity contribution in [2.75, 3.05) is 18.0 Å². The zero-order chi connectivity index (χ0) is 20.2. The van der Waals surface area contributed by atoms with Crippen molar-refractivity contribution in [3.05, 3.63) is 34.7 Å². The Morgan fingerprint density at radius 2 is 1.83 bits per heavy atom. The van der Waals surface area contributed by atoms with E-state index >= 15 is 0 Å². The molecule has 1 aromatic carbocycles. The molecule has 0 amide bonds. The molecule has 1 aliphatic carbocycles. The molecule has 1 unspecified atom stereocenters. The van der Waals surface area contributed by atoms with E-state index in [1.54, 1.807) is 23.5 Å². The van der Waals surface area contributed by atoms with E-state index in [1.807, 2.05) is 12.1 Å². The van der Waals surface area contributed by atoms with Crippen LogP contribution in [-0.4, -0.2) is 35.3 Å². The second kappa shape index (κ2) is 8.97. The largest absolute Gasteiger partial charge is 0.380 e. The number of aliphatic hydroxyl groups excluding tert-OH is 1. The molecule has 5 nitrogen and oxygen atoms in total. The molecule has 4 rings (SSSR count). The molecule has 0 spiro atoms. The molecule has 1 saturated carbocycles. The van der Waals surface area contributed by atoms with Crippen molar-refractivity contribution in [2.24, 2.45) is 11.7 Å². The molecule has 2 heterocycles. The van der Waals surface area contributed by atoms with Gasteiger partial charge in [0, 0.05) is 24.7 Å². The lowest BCUT2D eigenvalue weighted by atomic mass is 10.0. The summed E-state index contributed by atoms with van der Waals surface area (Å²) in [5.41, 5.74) is 8.45. The Hall–Kier alpha value is -2.38. The molecule has 2 aliphatic rings. The van der Waals surface area contributed by atoms with Gasteiger partial charge in [-0.05, 0) is 43.7 Å². The van der Waals surface area contributed by atoms with E-state index in [1.165, 1.54) is 12.8 Å². The number of piperidine rings is 1. The molecule has 1 aliphatic heterocycles. The number of nitrogens with zero attached hydrogens (tertiary/aromatic N) is 3. The van der Waals surface area contributed by atoms with Crippen molar-refractivity contribution in [3.63, 3.8) is 0 Å². The summed E-state index contributed by atoms with van der Waals surface area (Å²) in [6.07, 6.45) is 5.83. The van der Waals surface area contributed by atoms with Crippen molar-refractivity contribution in [3.8, 4) is 29.2 Å². The zero-order valence-electron chi connectivity index (χ0n) is 16.5. The van der Waals surface area contributed by atoms with Gasteiger partial charge in [0.2, 0.25) is 0 Å². The lowest BCUT2D eigenvalue weighted by Gasteiger charge is -2.29. The highest BCUT2D eigenvalue weighted by Gasteiger charge is 2.23. The first-order chi connectivity index (χ1) is 14.1. The minimum absolute atomic E-state index is 0.269. The van der Waals surface area contributed by atoms with Crippen molar-refractivity contribution in [2.45, 2.75) is 50.7 Å². The molecule has 29 heavy (non-hydrogen) atoms. The van der Waals surface area contributed by atoms with E-state index in [9.17, 15) is 5.11 Å². The van der Waals surface area contributed by atoms with Gasteiger partial charge in [0.15, 0.2) is 5.13 Å². The van der Waals surface area contributed by atoms with E-state index in [0.29, 0.717) is 5.56 Å². The van der Waals surface area contributed by atoms with Gasteiger partial charge in [0.05, 0.1) is 17.3 Å². The molecule has 2 aromatic rings. The number of nitrogens with two attached hydrogens (primary N) is 1. The number of hydrogen-bond donors (Lipinski definition) is 2. The first-order valence-corrected chi connectivity index (χ1v) is 11.2. The number of thiazole rings is 1. The first-order valence-electron chi connectivity index (χ1n) is 10.4. The van der Waals surface area contributed by atoms with Crippen LogP contribution in [-0.2, 0) is 0 Å². The van der Waals surface area contributed by atoms with Crippen LogP contribution in [0.25, 0.3) is 11.3 Å². The Labute approximate surface area is 176 Å². The van der Waals surface area contributed by atoms with Gasteiger partial charge < -0.3 is 15.7 Å². The highest BCUT2D eigenvalue weighted by Crippen LogP contribution is 2.34. The standard InChI is InChI=1S/C23H26N4OS/c24-15-16-5-7-18(8-6-16)22-21(10-9-20(28)17-3-1-2-4-17)29-23(26-22)27-13-11-19(25)12-14-27/h5-8,17,19-20,28H,1-4,11-14,25H2. The number of nitriles is 1. The first kappa shape index (κ1) is 19.9. The van der Waals surface area contributed by atoms with Crippen LogP contribution in [0.2, 0.25) is 0 Å². The van der Waals surface area contributed by atoms with Gasteiger partial charge in [-0.15, -0.1) is 0 Å². The van der Waals surface area contributed by atoms with Crippen molar-refractivity contribution in [1.29, 1.82) is 5.26 Å². The smallest absolute Gasteiger partial charge is 0.187 e. The molecule has 1 saturated heterocycles. The van der Waals surface area contributed by atoms with Crippen LogP contribution in [0.15, 0.2) is 24.3 Å². The molecule has 0 bridgehead atoms. The number of aromatic nitrogens is 1. The maximum Gasteiger partial charge on any atom is 0.187 e. The van der Waals surface area contributed by atoms with Crippen LogP contribution < -0.4 is 10.6 Å². The molecular formula is C23H26N4OS. The zero-order valence-corrected chi connectivity index (χ0v) is 17.3. The fourth-order valence-corrected chi connectivity index (χ4v) is 5.05. The highest BCUT2D eigenvalue weighted by molar-refractivity contribution is 7.16. The number of anilines is 1. The van der Waals surface area contributed by atoms with E-state index in [0.717, 1.165) is 60.0 Å². The van der Waals surface area contributed by atoms with Crippen molar-refractivity contribution < 1.29 is 5.11 Å². The van der Waals surface area contributed by atoms with Gasteiger partial charge in [-0.25, -0.2) is 4.98 Å². The quantitative estimate of drug-likeness (QED) is 0.762. The van der Waals surface area contributed by atoms with Gasteiger partial charge in [-0.3, -0.25) is 0 Å². The molecule has 3 N–H and O–H groups in total. The Balaban J connectivity index is 1.65. The van der Waals surface area contributed by atoms with E-state index < -0.39 is 6.10 Å². The van der Waals surface area contributed by atoms with E-state index in [2.05, 4.69) is 22.8 Å². The Bertz CT molecular complexity index is 936. The normalized spacial score (nSPS) is 18.9. The Morgan fingerprint density at radius 3 is 2.48 bits per heavy atom. The fraction of sp³-hybridized carbons (Fsp3) is 0.478. The fourth-order valence-electron chi connectivity index (χ4n) is 4.05. The van der Waals surface area contributed by atoms with Crippen LogP contribution in [0.1, 0.15) is 49.0 Å². The molecule has 1 atom stereocenters. The Morgan fingerprint density at radius 1 is 1.14 bits per heavy atom. The van der Waals surface area contributed by atoms with Gasteiger partial charge in [0.1, 0.15) is 11.0 Å². The van der Waals surface area contributed by atoms with Crippen LogP contribution in [0.4, 0.5) is 5.13 Å². The second-order valence-electron chi connectivity index (χ2n) is 7.95. The average Bonchev–Trinajstić information content (AvgIpc) is 3.43. The number of hydrogen-bond acceptors (Lipinski definition) is 6. The summed E-state index contributed by atoms with van der Waals surface area (Å²) < 4.78 is 0. The lowest BCUT2D eigenvalue weighted by Crippen LogP contribution is -2.39. The topological polar surface area (TPSA) is 86.2 Å². The van der Waals surface area contributed by atoms with Gasteiger partial charge >= 0.3 is 0 Å². The Kier molecular flexibility index (Phi) is 6.16. The maximum absolute atomic E-state index is 10.5. The minimum atomic E-state index is -0.579. The van der Waals surface area contributed by atoms with Gasteiger partial charge in [-0.2, -0.15) is 5.26 Å². The molecule has 0 radical (unpaired) electrons. The van der Waals surface area contributed by atoms with E-state index in [-0.39, 0.29) is 12.0 Å². The molecule has 150 valence electrons. The second-order valence-corrected chi connectivity index (χ2v) is 8.92. The summed E-state index contributed by atoms with van der Waals surface area (Å²) >= 11 is 1.58. The predicted molar refractivity (Wildman–Crippen MR) is 117 cm³/mol. The SMILES string of the molecule is N#Cc1ccc(-c2nc(N3CCC(N)CC3)sc2C#CC(O)C2CCCC2)cc1. The molecule has 6 heteroatoms. The predicted octanol–water partition coefficient (Wildman–Crippen LogP) is 3.51. The third-order valence-electron chi connectivity index (χ3n) is 5.89. The number of benzene rings is 1. The summed E-state index contributed by atoms with van der Waals surface area (Å²) in [5.74, 6) is 6.60. The monoisotopic (exact) mass is 406 g/mol. The lowest BCUT2D eigenvalue weighted by molar-refractivity contribution is 0.165. The van der Waals surface area contributed by atoms with E-state index in [4.69, 9.17) is 16.0 Å². The maximum atomic E-state index is 10.5. The molecule has 2 fully saturated rings. The highest BCUT2D eigenvalue weighted by atomic mass is 32.1. The van der Waals surface area contributed by atoms with Gasteiger partial charge in [-0.1, -0.05) is 48.2 Å². The minimum Gasteiger partial charge on any atom is -0.380 e. The van der Waals surface area contributed by atoms with Crippen LogP contribution in [0.5, 0.6) is 0 Å². The summed E-state index contributed by atoms with van der Waals surface area (Å²) in [7, 11) is 0. The van der Waals surface area contributed by atoms with Crippen LogP contribution in [0.3, 0.4) is 0 Å². The van der Waals surface area contributed by atoms with Crippen LogP contribution >= 0.6 is 11.3 Å². The molecular weight excluding hydrogens is 380 g/mol. The third-order valence-corrected chi connectivity index (χ3v) is 6.92. The van der Waals surface area contributed by atoms with Crippen molar-refractivity contribution in [1.82, 2.24) is 4.98 Å². The number of aliphatic hydroxyl groups is 1. The summed E-state index contributed by atoms with van der Waals surface area (Å²) in [6.45, 7) is 1.80. The van der Waals surface area contributed by atoms with Crippen LogP contribution in [0, 0.1) is 29.1 Å². The van der Waals surface area contributed by atoms with Gasteiger partial charge in [0.25, 0.3) is 0 Å². The average molecular weight is 407 g/mol. The summed E-state index contributed by atoms with van der Waals surface area (Å²) in [5, 5.41) is 20.5. The third kappa shape index (κ3) is 4.62. The molecule has 1 aromatic heterocycles.